The molecule has 0 atom stereocenters. The molecule has 3 N–H and O–H groups in total. The molecule has 120 valence electrons. The number of hydrogen-bond donors (Lipinski definition) is 2. The molecule has 5 heteroatoms. The van der Waals surface area contributed by atoms with Crippen molar-refractivity contribution in [3.05, 3.63) is 35.9 Å². The van der Waals surface area contributed by atoms with E-state index in [4.69, 9.17) is 5.73 Å². The Kier molecular flexibility index (Phi) is 4.64. The molecule has 2 saturated heterocycles. The highest BCUT2D eigenvalue weighted by Crippen LogP contribution is 2.24. The summed E-state index contributed by atoms with van der Waals surface area (Å²) in [6.45, 7) is 5.19. The maximum Gasteiger partial charge on any atom is 0.191 e. The topological polar surface area (TPSA) is 65.1 Å². The first-order chi connectivity index (χ1) is 10.6. The van der Waals surface area contributed by atoms with Gasteiger partial charge in [-0.05, 0) is 24.8 Å². The Hall–Kier alpha value is -1.59. The minimum atomic E-state index is -0.692. The van der Waals surface area contributed by atoms with Gasteiger partial charge in [0.05, 0.1) is 12.1 Å². The van der Waals surface area contributed by atoms with Crippen molar-refractivity contribution >= 4 is 5.96 Å². The Bertz CT molecular complexity index is 505. The van der Waals surface area contributed by atoms with E-state index in [9.17, 15) is 5.11 Å². The summed E-state index contributed by atoms with van der Waals surface area (Å²) in [6.07, 6.45) is 2.71. The van der Waals surface area contributed by atoms with Gasteiger partial charge in [-0.1, -0.05) is 30.3 Å². The second-order valence-corrected chi connectivity index (χ2v) is 6.50. The van der Waals surface area contributed by atoms with Crippen molar-refractivity contribution in [2.24, 2.45) is 10.7 Å². The molecular weight excluding hydrogens is 276 g/mol. The maximum atomic E-state index is 10.7. The molecule has 3 rings (SSSR count). The van der Waals surface area contributed by atoms with Crippen LogP contribution in [0.2, 0.25) is 0 Å². The van der Waals surface area contributed by atoms with Crippen molar-refractivity contribution in [2.45, 2.75) is 31.4 Å². The Morgan fingerprint density at radius 1 is 1.14 bits per heavy atom. The van der Waals surface area contributed by atoms with Gasteiger partial charge in [-0.15, -0.1) is 0 Å². The van der Waals surface area contributed by atoms with Crippen molar-refractivity contribution in [3.8, 4) is 0 Å². The number of nitrogens with zero attached hydrogens (tertiary/aromatic N) is 3. The summed E-state index contributed by atoms with van der Waals surface area (Å²) in [5, 5.41) is 10.7. The molecular formula is C17H26N4O. The molecule has 0 saturated carbocycles. The zero-order valence-electron chi connectivity index (χ0n) is 13.1. The van der Waals surface area contributed by atoms with E-state index in [1.54, 1.807) is 0 Å². The van der Waals surface area contributed by atoms with Crippen molar-refractivity contribution in [1.29, 1.82) is 0 Å². The largest absolute Gasteiger partial charge is 0.388 e. The van der Waals surface area contributed by atoms with Crippen LogP contribution in [0.5, 0.6) is 0 Å². The van der Waals surface area contributed by atoms with Crippen molar-refractivity contribution < 1.29 is 5.11 Å². The lowest BCUT2D eigenvalue weighted by molar-refractivity contribution is -0.0151. The van der Waals surface area contributed by atoms with Crippen LogP contribution in [-0.4, -0.2) is 59.2 Å². The Morgan fingerprint density at radius 3 is 2.41 bits per heavy atom. The van der Waals surface area contributed by atoms with Crippen molar-refractivity contribution in [2.75, 3.05) is 32.7 Å². The minimum absolute atomic E-state index is 0.425. The molecule has 0 spiro atoms. The molecule has 2 fully saturated rings. The highest BCUT2D eigenvalue weighted by molar-refractivity contribution is 5.78. The van der Waals surface area contributed by atoms with Gasteiger partial charge in [0.2, 0.25) is 0 Å². The second-order valence-electron chi connectivity index (χ2n) is 6.50. The number of likely N-dealkylation sites (tertiary alicyclic amines) is 2. The van der Waals surface area contributed by atoms with E-state index in [2.05, 4.69) is 39.1 Å². The fourth-order valence-corrected chi connectivity index (χ4v) is 3.00. The van der Waals surface area contributed by atoms with Gasteiger partial charge in [-0.2, -0.15) is 0 Å². The zero-order chi connectivity index (χ0) is 15.4. The lowest BCUT2D eigenvalue weighted by Gasteiger charge is -2.38. The summed E-state index contributed by atoms with van der Waals surface area (Å²) in [4.78, 5) is 8.86. The van der Waals surface area contributed by atoms with E-state index in [1.165, 1.54) is 12.0 Å². The van der Waals surface area contributed by atoms with Crippen LogP contribution in [0.1, 0.15) is 24.8 Å². The van der Waals surface area contributed by atoms with E-state index in [-0.39, 0.29) is 0 Å². The van der Waals surface area contributed by atoms with E-state index < -0.39 is 5.60 Å². The van der Waals surface area contributed by atoms with Gasteiger partial charge in [-0.3, -0.25) is 9.89 Å². The third-order valence-electron chi connectivity index (χ3n) is 4.75. The van der Waals surface area contributed by atoms with Crippen molar-refractivity contribution in [1.82, 2.24) is 9.80 Å². The molecule has 2 aliphatic heterocycles. The first-order valence-corrected chi connectivity index (χ1v) is 8.18. The molecule has 1 aromatic rings. The number of benzene rings is 1. The first kappa shape index (κ1) is 15.3. The molecule has 5 nitrogen and oxygen atoms in total. The van der Waals surface area contributed by atoms with E-state index in [0.29, 0.717) is 12.5 Å². The predicted molar refractivity (Wildman–Crippen MR) is 88.6 cm³/mol. The highest BCUT2D eigenvalue weighted by atomic mass is 16.3. The van der Waals surface area contributed by atoms with Gasteiger partial charge in [-0.25, -0.2) is 0 Å². The quantitative estimate of drug-likeness (QED) is 0.644. The molecule has 2 aliphatic rings. The summed E-state index contributed by atoms with van der Waals surface area (Å²) < 4.78 is 0. The molecule has 0 aromatic heterocycles. The number of hydrogen-bond acceptors (Lipinski definition) is 3. The number of piperidine rings is 1. The standard InChI is InChI=1S/C17H26N4O/c18-16(21-9-4-10-21)19-14-17(22)7-11-20(12-8-17)13-15-5-2-1-3-6-15/h1-3,5-6,22H,4,7-14H2,(H2,18,19). The van der Waals surface area contributed by atoms with E-state index >= 15 is 0 Å². The number of guanidine groups is 1. The summed E-state index contributed by atoms with van der Waals surface area (Å²) in [5.74, 6) is 0.589. The molecule has 0 radical (unpaired) electrons. The zero-order valence-corrected chi connectivity index (χ0v) is 13.1. The van der Waals surface area contributed by atoms with Crippen molar-refractivity contribution in [3.63, 3.8) is 0 Å². The maximum absolute atomic E-state index is 10.7. The molecule has 0 aliphatic carbocycles. The first-order valence-electron chi connectivity index (χ1n) is 8.18. The SMILES string of the molecule is NC(=NCC1(O)CCN(Cc2ccccc2)CC1)N1CCC1. The average molecular weight is 302 g/mol. The predicted octanol–water partition coefficient (Wildman–Crippen LogP) is 1.03. The number of rotatable bonds is 4. The Labute approximate surface area is 132 Å². The number of nitrogens with two attached hydrogens (primary N) is 1. The summed E-state index contributed by atoms with van der Waals surface area (Å²) in [5.41, 5.74) is 6.57. The van der Waals surface area contributed by atoms with Gasteiger partial charge in [0.1, 0.15) is 0 Å². The Balaban J connectivity index is 1.47. The van der Waals surface area contributed by atoms with Gasteiger partial charge in [0.25, 0.3) is 0 Å². The third kappa shape index (κ3) is 3.78. The third-order valence-corrected chi connectivity index (χ3v) is 4.75. The van der Waals surface area contributed by atoms with Crippen LogP contribution in [0.15, 0.2) is 35.3 Å². The van der Waals surface area contributed by atoms with Crippen LogP contribution < -0.4 is 5.73 Å². The number of aliphatic hydroxyl groups is 1. The highest BCUT2D eigenvalue weighted by Gasteiger charge is 2.32. The lowest BCUT2D eigenvalue weighted by Crippen LogP contribution is -2.49. The van der Waals surface area contributed by atoms with Crippen LogP contribution in [0.25, 0.3) is 0 Å². The smallest absolute Gasteiger partial charge is 0.191 e. The summed E-state index contributed by atoms with van der Waals surface area (Å²) in [7, 11) is 0. The van der Waals surface area contributed by atoms with Crippen LogP contribution in [0.3, 0.4) is 0 Å². The monoisotopic (exact) mass is 302 g/mol. The van der Waals surface area contributed by atoms with Gasteiger partial charge < -0.3 is 15.7 Å². The van der Waals surface area contributed by atoms with Crippen LogP contribution in [0, 0.1) is 0 Å². The van der Waals surface area contributed by atoms with Gasteiger partial charge in [0.15, 0.2) is 5.96 Å². The van der Waals surface area contributed by atoms with Crippen LogP contribution in [-0.2, 0) is 6.54 Å². The Morgan fingerprint density at radius 2 is 1.82 bits per heavy atom. The normalized spacial score (nSPS) is 22.4. The number of aliphatic imine (C=N–C) groups is 1. The molecule has 22 heavy (non-hydrogen) atoms. The molecule has 0 unspecified atom stereocenters. The van der Waals surface area contributed by atoms with Crippen LogP contribution in [0.4, 0.5) is 0 Å². The van der Waals surface area contributed by atoms with Crippen LogP contribution >= 0.6 is 0 Å². The fraction of sp³-hybridized carbons (Fsp3) is 0.588. The molecule has 2 heterocycles. The fourth-order valence-electron chi connectivity index (χ4n) is 3.00. The molecule has 1 aromatic carbocycles. The summed E-state index contributed by atoms with van der Waals surface area (Å²) >= 11 is 0. The lowest BCUT2D eigenvalue weighted by atomic mass is 9.91. The van der Waals surface area contributed by atoms with Gasteiger partial charge in [0, 0.05) is 32.7 Å². The van der Waals surface area contributed by atoms with E-state index in [1.807, 2.05) is 6.07 Å². The van der Waals surface area contributed by atoms with E-state index in [0.717, 1.165) is 45.6 Å². The minimum Gasteiger partial charge on any atom is -0.388 e. The average Bonchev–Trinajstić information content (AvgIpc) is 2.47. The summed E-state index contributed by atoms with van der Waals surface area (Å²) in [6, 6.07) is 10.5. The molecule has 0 amide bonds. The van der Waals surface area contributed by atoms with Gasteiger partial charge >= 0.3 is 0 Å². The second kappa shape index (κ2) is 6.67. The molecule has 0 bridgehead atoms.